The van der Waals surface area contributed by atoms with E-state index < -0.39 is 0 Å². The van der Waals surface area contributed by atoms with E-state index in [0.29, 0.717) is 33.1 Å². The predicted molar refractivity (Wildman–Crippen MR) is 80.0 cm³/mol. The van der Waals surface area contributed by atoms with E-state index in [-0.39, 0.29) is 5.91 Å². The third-order valence-corrected chi connectivity index (χ3v) is 3.24. The Bertz CT molecular complexity index is 814. The Morgan fingerprint density at radius 3 is 2.95 bits per heavy atom. The van der Waals surface area contributed by atoms with Crippen LogP contribution in [0.15, 0.2) is 47.2 Å². The molecule has 0 saturated carbocycles. The monoisotopic (exact) mass is 302 g/mol. The van der Waals surface area contributed by atoms with Gasteiger partial charge in [0.15, 0.2) is 12.0 Å². The van der Waals surface area contributed by atoms with E-state index in [1.54, 1.807) is 36.4 Å². The normalized spacial score (nSPS) is 10.6. The number of hydrogen-bond donors (Lipinski definition) is 1. The fraction of sp³-hybridized carbons (Fsp3) is 0.0667. The molecule has 0 saturated heterocycles. The third-order valence-electron chi connectivity index (χ3n) is 3.00. The highest BCUT2D eigenvalue weighted by molar-refractivity contribution is 6.31. The fourth-order valence-corrected chi connectivity index (χ4v) is 2.14. The summed E-state index contributed by atoms with van der Waals surface area (Å²) in [7, 11) is 1.53. The van der Waals surface area contributed by atoms with Gasteiger partial charge in [-0.05, 0) is 36.4 Å². The van der Waals surface area contributed by atoms with Gasteiger partial charge in [-0.15, -0.1) is 0 Å². The van der Waals surface area contributed by atoms with E-state index in [2.05, 4.69) is 10.3 Å². The van der Waals surface area contributed by atoms with Crippen molar-refractivity contribution < 1.29 is 13.9 Å². The number of nitrogens with zero attached hydrogens (tertiary/aromatic N) is 1. The van der Waals surface area contributed by atoms with Crippen LogP contribution in [0.1, 0.15) is 10.4 Å². The van der Waals surface area contributed by atoms with Crippen molar-refractivity contribution in [3.05, 3.63) is 53.4 Å². The van der Waals surface area contributed by atoms with Gasteiger partial charge in [-0.3, -0.25) is 4.79 Å². The molecule has 0 spiro atoms. The molecule has 5 nitrogen and oxygen atoms in total. The standard InChI is InChI=1S/C15H11ClN2O3/c1-20-13-5-3-10(16)7-12(13)18-15(19)9-2-4-14-11(6-9)17-8-21-14/h2-8H,1H3,(H,18,19). The number of nitrogens with one attached hydrogen (secondary N) is 1. The number of amides is 1. The van der Waals surface area contributed by atoms with Crippen LogP contribution in [-0.2, 0) is 0 Å². The lowest BCUT2D eigenvalue weighted by Gasteiger charge is -2.10. The number of fused-ring (bicyclic) bond motifs is 1. The number of rotatable bonds is 3. The van der Waals surface area contributed by atoms with E-state index in [0.717, 1.165) is 0 Å². The lowest BCUT2D eigenvalue weighted by atomic mass is 10.2. The molecule has 1 heterocycles. The summed E-state index contributed by atoms with van der Waals surface area (Å²) in [5.41, 5.74) is 2.24. The molecule has 0 fully saturated rings. The summed E-state index contributed by atoms with van der Waals surface area (Å²) in [6.07, 6.45) is 1.34. The Morgan fingerprint density at radius 1 is 1.29 bits per heavy atom. The van der Waals surface area contributed by atoms with Crippen LogP contribution in [0.25, 0.3) is 11.1 Å². The average molecular weight is 303 g/mol. The van der Waals surface area contributed by atoms with Gasteiger partial charge in [0, 0.05) is 10.6 Å². The van der Waals surface area contributed by atoms with Crippen LogP contribution >= 0.6 is 11.6 Å². The lowest BCUT2D eigenvalue weighted by Crippen LogP contribution is -2.12. The van der Waals surface area contributed by atoms with Gasteiger partial charge < -0.3 is 14.5 Å². The van der Waals surface area contributed by atoms with Crippen molar-refractivity contribution in [1.82, 2.24) is 4.98 Å². The van der Waals surface area contributed by atoms with E-state index >= 15 is 0 Å². The number of ether oxygens (including phenoxy) is 1. The first-order valence-corrected chi connectivity index (χ1v) is 6.53. The van der Waals surface area contributed by atoms with Crippen molar-refractivity contribution in [2.45, 2.75) is 0 Å². The third kappa shape index (κ3) is 2.68. The van der Waals surface area contributed by atoms with Crippen molar-refractivity contribution >= 4 is 34.3 Å². The highest BCUT2D eigenvalue weighted by Crippen LogP contribution is 2.28. The summed E-state index contributed by atoms with van der Waals surface area (Å²) in [6, 6.07) is 10.0. The molecule has 106 valence electrons. The second-order valence-electron chi connectivity index (χ2n) is 4.33. The molecule has 21 heavy (non-hydrogen) atoms. The fourth-order valence-electron chi connectivity index (χ4n) is 1.97. The molecule has 3 aromatic rings. The maximum Gasteiger partial charge on any atom is 0.255 e. The second kappa shape index (κ2) is 5.46. The molecule has 0 unspecified atom stereocenters. The van der Waals surface area contributed by atoms with Crippen LogP contribution < -0.4 is 10.1 Å². The van der Waals surface area contributed by atoms with Gasteiger partial charge in [-0.25, -0.2) is 4.98 Å². The molecule has 2 aromatic carbocycles. The van der Waals surface area contributed by atoms with Crippen molar-refractivity contribution in [1.29, 1.82) is 0 Å². The maximum atomic E-state index is 12.3. The predicted octanol–water partition coefficient (Wildman–Crippen LogP) is 3.74. The zero-order valence-corrected chi connectivity index (χ0v) is 11.8. The number of methoxy groups -OCH3 is 1. The molecule has 1 aromatic heterocycles. The largest absolute Gasteiger partial charge is 0.495 e. The number of oxazole rings is 1. The molecular formula is C15H11ClN2O3. The maximum absolute atomic E-state index is 12.3. The van der Waals surface area contributed by atoms with Gasteiger partial charge in [0.25, 0.3) is 5.91 Å². The molecule has 3 rings (SSSR count). The first-order chi connectivity index (χ1) is 10.2. The number of benzene rings is 2. The van der Waals surface area contributed by atoms with Crippen LogP contribution in [-0.4, -0.2) is 18.0 Å². The zero-order valence-electron chi connectivity index (χ0n) is 11.1. The number of anilines is 1. The Kier molecular flexibility index (Phi) is 3.50. The van der Waals surface area contributed by atoms with Crippen LogP contribution in [0.2, 0.25) is 5.02 Å². The minimum absolute atomic E-state index is 0.277. The van der Waals surface area contributed by atoms with Crippen LogP contribution in [0, 0.1) is 0 Å². The zero-order chi connectivity index (χ0) is 14.8. The Morgan fingerprint density at radius 2 is 2.14 bits per heavy atom. The second-order valence-corrected chi connectivity index (χ2v) is 4.77. The minimum Gasteiger partial charge on any atom is -0.495 e. The molecule has 6 heteroatoms. The topological polar surface area (TPSA) is 64.4 Å². The molecular weight excluding hydrogens is 292 g/mol. The van der Waals surface area contributed by atoms with Crippen LogP contribution in [0.3, 0.4) is 0 Å². The van der Waals surface area contributed by atoms with Gasteiger partial charge in [-0.2, -0.15) is 0 Å². The van der Waals surface area contributed by atoms with E-state index in [1.165, 1.54) is 13.5 Å². The van der Waals surface area contributed by atoms with Gasteiger partial charge in [0.1, 0.15) is 11.3 Å². The van der Waals surface area contributed by atoms with E-state index in [1.807, 2.05) is 0 Å². The lowest BCUT2D eigenvalue weighted by molar-refractivity contribution is 0.102. The van der Waals surface area contributed by atoms with Gasteiger partial charge in [-0.1, -0.05) is 11.6 Å². The summed E-state index contributed by atoms with van der Waals surface area (Å²) < 4.78 is 10.3. The number of carbonyl (C=O) groups excluding carboxylic acids is 1. The van der Waals surface area contributed by atoms with Gasteiger partial charge in [0.2, 0.25) is 0 Å². The molecule has 0 aliphatic carbocycles. The summed E-state index contributed by atoms with van der Waals surface area (Å²) in [4.78, 5) is 16.3. The quantitative estimate of drug-likeness (QED) is 0.800. The molecule has 0 aliphatic rings. The highest BCUT2D eigenvalue weighted by atomic mass is 35.5. The molecule has 0 bridgehead atoms. The Hall–Kier alpha value is -2.53. The number of hydrogen-bond acceptors (Lipinski definition) is 4. The number of aromatic nitrogens is 1. The smallest absolute Gasteiger partial charge is 0.255 e. The van der Waals surface area contributed by atoms with E-state index in [4.69, 9.17) is 20.8 Å². The molecule has 0 aliphatic heterocycles. The number of carbonyl (C=O) groups is 1. The summed E-state index contributed by atoms with van der Waals surface area (Å²) in [5.74, 6) is 0.260. The van der Waals surface area contributed by atoms with Gasteiger partial charge in [0.05, 0.1) is 12.8 Å². The van der Waals surface area contributed by atoms with Crippen molar-refractivity contribution in [2.75, 3.05) is 12.4 Å². The molecule has 0 radical (unpaired) electrons. The van der Waals surface area contributed by atoms with Crippen molar-refractivity contribution in [2.24, 2.45) is 0 Å². The van der Waals surface area contributed by atoms with Gasteiger partial charge >= 0.3 is 0 Å². The first-order valence-electron chi connectivity index (χ1n) is 6.15. The molecule has 1 N–H and O–H groups in total. The van der Waals surface area contributed by atoms with Crippen molar-refractivity contribution in [3.8, 4) is 5.75 Å². The van der Waals surface area contributed by atoms with E-state index in [9.17, 15) is 4.79 Å². The van der Waals surface area contributed by atoms with Crippen molar-refractivity contribution in [3.63, 3.8) is 0 Å². The molecule has 1 amide bonds. The summed E-state index contributed by atoms with van der Waals surface area (Å²) in [6.45, 7) is 0. The highest BCUT2D eigenvalue weighted by Gasteiger charge is 2.12. The average Bonchev–Trinajstić information content (AvgIpc) is 2.94. The SMILES string of the molecule is COc1ccc(Cl)cc1NC(=O)c1ccc2ocnc2c1. The van der Waals surface area contributed by atoms with Crippen LogP contribution in [0.4, 0.5) is 5.69 Å². The molecule has 0 atom stereocenters. The Labute approximate surface area is 125 Å². The number of halogens is 1. The minimum atomic E-state index is -0.277. The Balaban J connectivity index is 1.90. The summed E-state index contributed by atoms with van der Waals surface area (Å²) in [5, 5.41) is 3.28. The van der Waals surface area contributed by atoms with Crippen LogP contribution in [0.5, 0.6) is 5.75 Å². The first kappa shape index (κ1) is 13.5. The summed E-state index contributed by atoms with van der Waals surface area (Å²) >= 11 is 5.94.